The molecule has 1 spiro atoms. The van der Waals surface area contributed by atoms with Crippen LogP contribution in [0.3, 0.4) is 0 Å². The third-order valence-corrected chi connectivity index (χ3v) is 7.89. The lowest BCUT2D eigenvalue weighted by molar-refractivity contribution is -0.146. The monoisotopic (exact) mass is 578 g/mol. The van der Waals surface area contributed by atoms with Crippen LogP contribution in [0.15, 0.2) is 42.5 Å². The Morgan fingerprint density at radius 2 is 1.86 bits per heavy atom. The molecule has 0 radical (unpaired) electrons. The Hall–Kier alpha value is -4.08. The number of hydrogen-bond donors (Lipinski definition) is 0. The van der Waals surface area contributed by atoms with E-state index in [2.05, 4.69) is 4.90 Å². The number of amides is 2. The number of carbonyl (C=O) groups is 2. The van der Waals surface area contributed by atoms with Gasteiger partial charge >= 0.3 is 6.09 Å². The first kappa shape index (κ1) is 29.4. The van der Waals surface area contributed by atoms with Gasteiger partial charge in [-0.1, -0.05) is 0 Å². The number of aromatic nitrogens is 1. The van der Waals surface area contributed by atoms with Gasteiger partial charge in [0.2, 0.25) is 5.91 Å². The Morgan fingerprint density at radius 3 is 2.52 bits per heavy atom. The lowest BCUT2D eigenvalue weighted by atomic mass is 9.72. The molecule has 5 rings (SSSR count). The Bertz CT molecular complexity index is 1480. The molecule has 2 aliphatic rings. The fourth-order valence-corrected chi connectivity index (χ4v) is 5.65. The average Bonchev–Trinajstić information content (AvgIpc) is 2.92. The maximum absolute atomic E-state index is 14.8. The fraction of sp³-hybridized carbons (Fsp3) is 0.469. The molecule has 10 heteroatoms. The Balaban J connectivity index is 1.35. The summed E-state index contributed by atoms with van der Waals surface area (Å²) in [5.74, 6) is 0.515. The molecule has 2 fully saturated rings. The van der Waals surface area contributed by atoms with E-state index in [0.717, 1.165) is 36.3 Å². The highest BCUT2D eigenvalue weighted by atomic mass is 19.1. The van der Waals surface area contributed by atoms with Crippen LogP contribution in [0, 0.1) is 11.2 Å². The number of nitrogens with zero attached hydrogens (tertiary/aromatic N) is 4. The van der Waals surface area contributed by atoms with Crippen molar-refractivity contribution in [2.45, 2.75) is 39.2 Å². The standard InChI is InChI=1S/C32H39FN4O5/c1-31(2,3)42-30(39)36(5)14-15-41-22-10-8-21(9-11-22)25-17-27(23-16-24(33)28(40-6)18-26(23)34-25)37-19-32(20-37)12-7-13-35(4)29(32)38/h8-11,16-18H,7,12-15,19-20H2,1-6H3. The van der Waals surface area contributed by atoms with Crippen LogP contribution in [0.5, 0.6) is 11.5 Å². The molecule has 1 aromatic heterocycles. The van der Waals surface area contributed by atoms with Gasteiger partial charge in [-0.3, -0.25) is 4.79 Å². The summed E-state index contributed by atoms with van der Waals surface area (Å²) < 4.78 is 31.3. The lowest BCUT2D eigenvalue weighted by Crippen LogP contribution is -2.65. The highest BCUT2D eigenvalue weighted by Gasteiger charge is 2.52. The van der Waals surface area contributed by atoms with Gasteiger partial charge in [0.05, 0.1) is 30.3 Å². The zero-order chi connectivity index (χ0) is 30.2. The Labute approximate surface area is 246 Å². The van der Waals surface area contributed by atoms with Crippen molar-refractivity contribution >= 4 is 28.6 Å². The van der Waals surface area contributed by atoms with Crippen molar-refractivity contribution in [2.75, 3.05) is 58.9 Å². The van der Waals surface area contributed by atoms with Gasteiger partial charge < -0.3 is 28.9 Å². The second-order valence-electron chi connectivity index (χ2n) is 12.3. The van der Waals surface area contributed by atoms with Crippen LogP contribution in [-0.2, 0) is 9.53 Å². The molecule has 3 aromatic rings. The number of methoxy groups -OCH3 is 1. The summed E-state index contributed by atoms with van der Waals surface area (Å²) in [5.41, 5.74) is 2.09. The van der Waals surface area contributed by atoms with Crippen molar-refractivity contribution in [1.82, 2.24) is 14.8 Å². The zero-order valence-corrected chi connectivity index (χ0v) is 25.2. The van der Waals surface area contributed by atoms with Crippen LogP contribution in [-0.4, -0.2) is 86.4 Å². The first-order valence-electron chi connectivity index (χ1n) is 14.3. The van der Waals surface area contributed by atoms with Crippen LogP contribution in [0.25, 0.3) is 22.2 Å². The highest BCUT2D eigenvalue weighted by molar-refractivity contribution is 5.97. The number of benzene rings is 2. The molecule has 2 amide bonds. The van der Waals surface area contributed by atoms with E-state index in [9.17, 15) is 14.0 Å². The number of fused-ring (bicyclic) bond motifs is 1. The first-order chi connectivity index (χ1) is 19.9. The molecule has 3 heterocycles. The molecule has 0 bridgehead atoms. The van der Waals surface area contributed by atoms with E-state index in [1.165, 1.54) is 18.1 Å². The maximum atomic E-state index is 14.8. The molecule has 224 valence electrons. The van der Waals surface area contributed by atoms with Gasteiger partial charge in [-0.15, -0.1) is 0 Å². The summed E-state index contributed by atoms with van der Waals surface area (Å²) >= 11 is 0. The minimum atomic E-state index is -0.556. The number of likely N-dealkylation sites (N-methyl/N-ethyl adjacent to an activating group) is 1. The normalized spacial score (nSPS) is 16.4. The van der Waals surface area contributed by atoms with Gasteiger partial charge in [0.15, 0.2) is 11.6 Å². The number of anilines is 1. The number of ether oxygens (including phenoxy) is 3. The van der Waals surface area contributed by atoms with Crippen LogP contribution >= 0.6 is 0 Å². The Morgan fingerprint density at radius 1 is 1.14 bits per heavy atom. The van der Waals surface area contributed by atoms with E-state index in [-0.39, 0.29) is 17.1 Å². The molecular formula is C32H39FN4O5. The predicted molar refractivity (Wildman–Crippen MR) is 160 cm³/mol. The van der Waals surface area contributed by atoms with E-state index >= 15 is 0 Å². The van der Waals surface area contributed by atoms with Crippen molar-refractivity contribution in [3.05, 3.63) is 48.3 Å². The maximum Gasteiger partial charge on any atom is 0.410 e. The van der Waals surface area contributed by atoms with Gasteiger partial charge in [0.1, 0.15) is 18.0 Å². The molecule has 2 aliphatic heterocycles. The predicted octanol–water partition coefficient (Wildman–Crippen LogP) is 5.35. The lowest BCUT2D eigenvalue weighted by Gasteiger charge is -2.53. The smallest absolute Gasteiger partial charge is 0.410 e. The van der Waals surface area contributed by atoms with Gasteiger partial charge in [-0.05, 0) is 70.0 Å². The van der Waals surface area contributed by atoms with E-state index < -0.39 is 17.5 Å². The minimum Gasteiger partial charge on any atom is -0.494 e. The second kappa shape index (κ2) is 11.3. The number of rotatable bonds is 7. The third kappa shape index (κ3) is 5.93. The summed E-state index contributed by atoms with van der Waals surface area (Å²) in [6, 6.07) is 12.6. The number of halogens is 1. The van der Waals surface area contributed by atoms with E-state index in [4.69, 9.17) is 19.2 Å². The fourth-order valence-electron chi connectivity index (χ4n) is 5.65. The summed E-state index contributed by atoms with van der Waals surface area (Å²) in [6.45, 7) is 8.14. The van der Waals surface area contributed by atoms with Crippen molar-refractivity contribution < 1.29 is 28.2 Å². The number of pyridine rings is 1. The number of piperidine rings is 1. The summed E-state index contributed by atoms with van der Waals surface area (Å²) in [6.07, 6.45) is 1.44. The average molecular weight is 579 g/mol. The third-order valence-electron chi connectivity index (χ3n) is 7.89. The topological polar surface area (TPSA) is 84.4 Å². The van der Waals surface area contributed by atoms with Crippen LogP contribution < -0.4 is 14.4 Å². The van der Waals surface area contributed by atoms with E-state index in [1.807, 2.05) is 63.1 Å². The summed E-state index contributed by atoms with van der Waals surface area (Å²) in [7, 11) is 4.97. The molecule has 0 saturated carbocycles. The molecule has 42 heavy (non-hydrogen) atoms. The van der Waals surface area contributed by atoms with Crippen molar-refractivity contribution in [1.29, 1.82) is 0 Å². The quantitative estimate of drug-likeness (QED) is 0.374. The van der Waals surface area contributed by atoms with Crippen molar-refractivity contribution in [2.24, 2.45) is 5.41 Å². The molecule has 0 aliphatic carbocycles. The van der Waals surface area contributed by atoms with Crippen molar-refractivity contribution in [3.8, 4) is 22.8 Å². The highest BCUT2D eigenvalue weighted by Crippen LogP contribution is 2.45. The molecule has 2 aromatic carbocycles. The molecule has 0 atom stereocenters. The van der Waals surface area contributed by atoms with E-state index in [0.29, 0.717) is 42.9 Å². The molecule has 0 unspecified atom stereocenters. The Kier molecular flexibility index (Phi) is 7.92. The molecule has 2 saturated heterocycles. The van der Waals surface area contributed by atoms with E-state index in [1.54, 1.807) is 13.1 Å². The molecule has 0 N–H and O–H groups in total. The number of likely N-dealkylation sites (tertiary alicyclic amines) is 1. The van der Waals surface area contributed by atoms with Crippen LogP contribution in [0.1, 0.15) is 33.6 Å². The SMILES string of the molecule is COc1cc2nc(-c3ccc(OCCN(C)C(=O)OC(C)(C)C)cc3)cc(N3CC4(CCCN(C)C4=O)C3)c2cc1F. The minimum absolute atomic E-state index is 0.127. The van der Waals surface area contributed by atoms with Crippen LogP contribution in [0.4, 0.5) is 14.9 Å². The van der Waals surface area contributed by atoms with Crippen molar-refractivity contribution in [3.63, 3.8) is 0 Å². The number of carbonyl (C=O) groups excluding carboxylic acids is 2. The van der Waals surface area contributed by atoms with Gasteiger partial charge in [0, 0.05) is 56.4 Å². The zero-order valence-electron chi connectivity index (χ0n) is 25.2. The van der Waals surface area contributed by atoms with Gasteiger partial charge in [-0.25, -0.2) is 14.2 Å². The summed E-state index contributed by atoms with van der Waals surface area (Å²) in [5, 5.41) is 0.678. The van der Waals surface area contributed by atoms with Gasteiger partial charge in [-0.2, -0.15) is 0 Å². The molecular weight excluding hydrogens is 539 g/mol. The summed E-state index contributed by atoms with van der Waals surface area (Å²) in [4.78, 5) is 35.5. The first-order valence-corrected chi connectivity index (χ1v) is 14.3. The number of hydrogen-bond acceptors (Lipinski definition) is 7. The van der Waals surface area contributed by atoms with Gasteiger partial charge in [0.25, 0.3) is 0 Å². The van der Waals surface area contributed by atoms with Crippen LogP contribution in [0.2, 0.25) is 0 Å². The molecule has 9 nitrogen and oxygen atoms in total. The second-order valence-corrected chi connectivity index (χ2v) is 12.3. The largest absolute Gasteiger partial charge is 0.494 e.